The smallest absolute Gasteiger partial charge is 0.335 e. The second-order valence-corrected chi connectivity index (χ2v) is 9.11. The minimum absolute atomic E-state index is 0.00229. The van der Waals surface area contributed by atoms with Gasteiger partial charge in [0.2, 0.25) is 5.91 Å². The van der Waals surface area contributed by atoms with Gasteiger partial charge in [0.15, 0.2) is 0 Å². The zero-order valence-corrected chi connectivity index (χ0v) is 18.4. The number of carbonyl (C=O) groups is 2. The van der Waals surface area contributed by atoms with Crippen molar-refractivity contribution in [3.63, 3.8) is 0 Å². The van der Waals surface area contributed by atoms with E-state index in [0.717, 1.165) is 48.1 Å². The van der Waals surface area contributed by atoms with Crippen molar-refractivity contribution < 1.29 is 19.1 Å². The fraction of sp³-hybridized carbons (Fsp3) is 0.280. The molecule has 0 aliphatic carbocycles. The van der Waals surface area contributed by atoms with Crippen LogP contribution >= 0.6 is 11.8 Å². The number of benzene rings is 3. The van der Waals surface area contributed by atoms with E-state index >= 15 is 0 Å². The molecule has 0 radical (unpaired) electrons. The van der Waals surface area contributed by atoms with Gasteiger partial charge >= 0.3 is 5.97 Å². The molecule has 0 saturated carbocycles. The van der Waals surface area contributed by atoms with Crippen LogP contribution in [0.3, 0.4) is 0 Å². The van der Waals surface area contributed by atoms with E-state index in [1.54, 1.807) is 30.3 Å². The highest BCUT2D eigenvalue weighted by Gasteiger charge is 2.21. The molecule has 1 fully saturated rings. The number of rotatable bonds is 7. The highest BCUT2D eigenvalue weighted by Crippen LogP contribution is 2.21. The van der Waals surface area contributed by atoms with Crippen LogP contribution in [-0.4, -0.2) is 46.8 Å². The van der Waals surface area contributed by atoms with Gasteiger partial charge in [0.05, 0.1) is 11.3 Å². The second kappa shape index (κ2) is 10.1. The van der Waals surface area contributed by atoms with Gasteiger partial charge < -0.3 is 10.4 Å². The largest absolute Gasteiger partial charge is 0.478 e. The quantitative estimate of drug-likeness (QED) is 0.515. The van der Waals surface area contributed by atoms with E-state index in [0.29, 0.717) is 5.75 Å². The molecule has 1 aliphatic heterocycles. The Morgan fingerprint density at radius 2 is 1.69 bits per heavy atom. The summed E-state index contributed by atoms with van der Waals surface area (Å²) in [4.78, 5) is 26.5. The zero-order valence-electron chi connectivity index (χ0n) is 17.6. The lowest BCUT2D eigenvalue weighted by atomic mass is 10.0. The van der Waals surface area contributed by atoms with Crippen molar-refractivity contribution in [1.29, 1.82) is 0 Å². The van der Waals surface area contributed by atoms with Gasteiger partial charge in [0, 0.05) is 30.6 Å². The molecule has 1 heterocycles. The van der Waals surface area contributed by atoms with Gasteiger partial charge in [-0.1, -0.05) is 18.2 Å². The Labute approximate surface area is 190 Å². The van der Waals surface area contributed by atoms with Crippen molar-refractivity contribution >= 4 is 34.4 Å². The predicted octanol–water partition coefficient (Wildman–Crippen LogP) is 4.55. The maximum atomic E-state index is 13.4. The molecule has 3 aromatic rings. The summed E-state index contributed by atoms with van der Waals surface area (Å²) in [6.45, 7) is 2.67. The Balaban J connectivity index is 1.21. The molecule has 3 aromatic carbocycles. The highest BCUT2D eigenvalue weighted by molar-refractivity contribution is 8.00. The second-order valence-electron chi connectivity index (χ2n) is 8.06. The maximum absolute atomic E-state index is 13.4. The van der Waals surface area contributed by atoms with Crippen LogP contribution < -0.4 is 5.32 Å². The van der Waals surface area contributed by atoms with E-state index in [9.17, 15) is 14.0 Å². The van der Waals surface area contributed by atoms with Crippen LogP contribution in [0.2, 0.25) is 0 Å². The summed E-state index contributed by atoms with van der Waals surface area (Å²) in [6, 6.07) is 17.7. The van der Waals surface area contributed by atoms with E-state index < -0.39 is 5.97 Å². The number of halogens is 1. The first kappa shape index (κ1) is 22.3. The number of nitrogens with zero attached hydrogens (tertiary/aromatic N) is 1. The van der Waals surface area contributed by atoms with Gasteiger partial charge in [-0.15, -0.1) is 11.8 Å². The monoisotopic (exact) mass is 452 g/mol. The molecule has 4 rings (SSSR count). The Kier molecular flexibility index (Phi) is 7.07. The third-order valence-corrected chi connectivity index (χ3v) is 6.71. The van der Waals surface area contributed by atoms with Crippen LogP contribution in [0.25, 0.3) is 10.8 Å². The van der Waals surface area contributed by atoms with Gasteiger partial charge in [-0.05, 0) is 71.6 Å². The van der Waals surface area contributed by atoms with Crippen molar-refractivity contribution in [2.45, 2.75) is 30.3 Å². The molecule has 1 saturated heterocycles. The molecular weight excluding hydrogens is 427 g/mol. The molecule has 166 valence electrons. The first-order valence-electron chi connectivity index (χ1n) is 10.6. The number of nitrogens with one attached hydrogen (secondary N) is 1. The SMILES string of the molecule is O=C(CSc1ccc(C(=O)O)cc1)NC1CCN(Cc2ccc3cc(F)ccc3c2)CC1. The number of likely N-dealkylation sites (tertiary alicyclic amines) is 1. The predicted molar refractivity (Wildman–Crippen MR) is 124 cm³/mol. The van der Waals surface area contributed by atoms with Crippen LogP contribution in [0, 0.1) is 5.82 Å². The van der Waals surface area contributed by atoms with Crippen LogP contribution in [0.4, 0.5) is 4.39 Å². The number of hydrogen-bond acceptors (Lipinski definition) is 4. The van der Waals surface area contributed by atoms with Crippen LogP contribution in [0.15, 0.2) is 65.6 Å². The number of carboxylic acid groups (broad SMARTS) is 1. The molecular formula is C25H25FN2O3S. The number of carbonyl (C=O) groups excluding carboxylic acids is 1. The Morgan fingerprint density at radius 1 is 1.00 bits per heavy atom. The van der Waals surface area contributed by atoms with E-state index in [-0.39, 0.29) is 23.3 Å². The lowest BCUT2D eigenvalue weighted by Crippen LogP contribution is -2.44. The number of aromatic carboxylic acids is 1. The van der Waals surface area contributed by atoms with E-state index in [2.05, 4.69) is 22.3 Å². The van der Waals surface area contributed by atoms with Crippen molar-refractivity contribution in [2.75, 3.05) is 18.8 Å². The maximum Gasteiger partial charge on any atom is 0.335 e. The summed E-state index contributed by atoms with van der Waals surface area (Å²) in [5.74, 6) is -0.868. The van der Waals surface area contributed by atoms with Crippen LogP contribution in [0.1, 0.15) is 28.8 Å². The Morgan fingerprint density at radius 3 is 2.41 bits per heavy atom. The molecule has 1 aliphatic rings. The molecule has 0 aromatic heterocycles. The lowest BCUT2D eigenvalue weighted by molar-refractivity contribution is -0.119. The number of hydrogen-bond donors (Lipinski definition) is 2. The molecule has 7 heteroatoms. The molecule has 32 heavy (non-hydrogen) atoms. The molecule has 0 atom stereocenters. The fourth-order valence-corrected chi connectivity index (χ4v) is 4.68. The zero-order chi connectivity index (χ0) is 22.5. The minimum atomic E-state index is -0.957. The van der Waals surface area contributed by atoms with Gasteiger partial charge in [-0.25, -0.2) is 9.18 Å². The van der Waals surface area contributed by atoms with Crippen molar-refractivity contribution in [3.8, 4) is 0 Å². The average Bonchev–Trinajstić information content (AvgIpc) is 2.79. The summed E-state index contributed by atoms with van der Waals surface area (Å²) in [5, 5.41) is 14.0. The first-order valence-corrected chi connectivity index (χ1v) is 11.6. The van der Waals surface area contributed by atoms with Gasteiger partial charge in [0.25, 0.3) is 0 Å². The number of amides is 1. The topological polar surface area (TPSA) is 69.6 Å². The third-order valence-electron chi connectivity index (χ3n) is 5.70. The van der Waals surface area contributed by atoms with E-state index in [1.165, 1.54) is 23.4 Å². The number of thioether (sulfide) groups is 1. The Bertz CT molecular complexity index is 1110. The van der Waals surface area contributed by atoms with Gasteiger partial charge in [0.1, 0.15) is 5.82 Å². The summed E-state index contributed by atoms with van der Waals surface area (Å²) < 4.78 is 13.4. The van der Waals surface area contributed by atoms with Gasteiger partial charge in [-0.2, -0.15) is 0 Å². The Hall–Kier alpha value is -2.90. The summed E-state index contributed by atoms with van der Waals surface area (Å²) in [5.41, 5.74) is 1.44. The molecule has 1 amide bonds. The normalized spacial score (nSPS) is 15.0. The number of piperidine rings is 1. The van der Waals surface area contributed by atoms with Crippen LogP contribution in [-0.2, 0) is 11.3 Å². The standard InChI is InChI=1S/C25H25FN2O3S/c26-21-6-3-19-13-17(1-2-20(19)14-21)15-28-11-9-22(10-12-28)27-24(29)16-32-23-7-4-18(5-8-23)25(30)31/h1-8,13-14,22H,9-12,15-16H2,(H,27,29)(H,30,31). The minimum Gasteiger partial charge on any atom is -0.478 e. The first-order chi connectivity index (χ1) is 15.5. The summed E-state index contributed by atoms with van der Waals surface area (Å²) in [7, 11) is 0. The molecule has 0 unspecified atom stereocenters. The highest BCUT2D eigenvalue weighted by atomic mass is 32.2. The lowest BCUT2D eigenvalue weighted by Gasteiger charge is -2.32. The summed E-state index contributed by atoms with van der Waals surface area (Å²) >= 11 is 1.40. The van der Waals surface area contributed by atoms with Crippen molar-refractivity contribution in [3.05, 3.63) is 77.6 Å². The molecule has 0 bridgehead atoms. The third kappa shape index (κ3) is 5.87. The average molecular weight is 453 g/mol. The van der Waals surface area contributed by atoms with Gasteiger partial charge in [-0.3, -0.25) is 9.69 Å². The van der Waals surface area contributed by atoms with Crippen LogP contribution in [0.5, 0.6) is 0 Å². The molecule has 5 nitrogen and oxygen atoms in total. The van der Waals surface area contributed by atoms with Crippen molar-refractivity contribution in [1.82, 2.24) is 10.2 Å². The summed E-state index contributed by atoms with van der Waals surface area (Å²) in [6.07, 6.45) is 1.81. The van der Waals surface area contributed by atoms with E-state index in [1.807, 2.05) is 12.1 Å². The molecule has 2 N–H and O–H groups in total. The fourth-order valence-electron chi connectivity index (χ4n) is 3.97. The van der Waals surface area contributed by atoms with E-state index in [4.69, 9.17) is 5.11 Å². The molecule has 0 spiro atoms. The number of carboxylic acids is 1. The number of fused-ring (bicyclic) bond motifs is 1. The van der Waals surface area contributed by atoms with Crippen molar-refractivity contribution in [2.24, 2.45) is 0 Å².